The van der Waals surface area contributed by atoms with Gasteiger partial charge in [0.05, 0.1) is 5.69 Å². The van der Waals surface area contributed by atoms with Gasteiger partial charge in [0.2, 0.25) is 0 Å². The third-order valence-electron chi connectivity index (χ3n) is 3.74. The molecule has 7 nitrogen and oxygen atoms in total. The second kappa shape index (κ2) is 10.5. The summed E-state index contributed by atoms with van der Waals surface area (Å²) < 4.78 is 10.3. The third kappa shape index (κ3) is 5.98. The van der Waals surface area contributed by atoms with Crippen LogP contribution in [-0.2, 0) is 25.5 Å². The minimum absolute atomic E-state index is 0.0292. The van der Waals surface area contributed by atoms with Crippen molar-refractivity contribution in [2.45, 2.75) is 13.3 Å². The van der Waals surface area contributed by atoms with Crippen molar-refractivity contribution < 1.29 is 23.9 Å². The number of hydrogen-bond acceptors (Lipinski definition) is 5. The number of carbonyl (C=O) groups is 3. The summed E-state index contributed by atoms with van der Waals surface area (Å²) in [6.45, 7) is 5.38. The minimum atomic E-state index is -0.819. The Balaban J connectivity index is 1.96. The van der Waals surface area contributed by atoms with E-state index in [1.165, 1.54) is 0 Å². The van der Waals surface area contributed by atoms with Crippen molar-refractivity contribution in [1.82, 2.24) is 0 Å². The lowest BCUT2D eigenvalue weighted by molar-refractivity contribution is -0.138. The molecule has 0 saturated carbocycles. The fraction of sp³-hybridized carbons (Fsp3) is 0.190. The zero-order valence-corrected chi connectivity index (χ0v) is 15.6. The van der Waals surface area contributed by atoms with Gasteiger partial charge in [-0.2, -0.15) is 0 Å². The van der Waals surface area contributed by atoms with Gasteiger partial charge in [0.25, 0.3) is 0 Å². The minimum Gasteiger partial charge on any atom is -0.488 e. The molecule has 0 saturated heterocycles. The molecule has 0 aliphatic rings. The number of anilines is 2. The van der Waals surface area contributed by atoms with Crippen molar-refractivity contribution in [3.8, 4) is 5.75 Å². The van der Waals surface area contributed by atoms with Gasteiger partial charge in [-0.05, 0) is 30.2 Å². The average molecular weight is 382 g/mol. The Kier molecular flexibility index (Phi) is 7.77. The van der Waals surface area contributed by atoms with Crippen LogP contribution in [0, 0.1) is 0 Å². The summed E-state index contributed by atoms with van der Waals surface area (Å²) in [7, 11) is 0. The maximum Gasteiger partial charge on any atom is 0.330 e. The van der Waals surface area contributed by atoms with Crippen LogP contribution in [-0.4, -0.2) is 31.0 Å². The molecule has 0 atom stereocenters. The van der Waals surface area contributed by atoms with Crippen LogP contribution >= 0.6 is 0 Å². The Morgan fingerprint density at radius 3 is 2.21 bits per heavy atom. The molecule has 0 bridgehead atoms. The molecule has 2 aromatic carbocycles. The van der Waals surface area contributed by atoms with Gasteiger partial charge < -0.3 is 20.1 Å². The highest BCUT2D eigenvalue weighted by molar-refractivity contribution is 6.43. The number of nitrogens with one attached hydrogen (secondary N) is 2. The molecule has 2 aromatic rings. The van der Waals surface area contributed by atoms with Crippen LogP contribution in [0.25, 0.3) is 0 Å². The highest BCUT2D eigenvalue weighted by atomic mass is 16.6. The van der Waals surface area contributed by atoms with Crippen LogP contribution in [0.3, 0.4) is 0 Å². The summed E-state index contributed by atoms with van der Waals surface area (Å²) in [6, 6.07) is 13.9. The fourth-order valence-electron chi connectivity index (χ4n) is 2.36. The molecule has 2 amide bonds. The van der Waals surface area contributed by atoms with Crippen LogP contribution < -0.4 is 15.4 Å². The van der Waals surface area contributed by atoms with Crippen molar-refractivity contribution in [2.75, 3.05) is 23.8 Å². The smallest absolute Gasteiger partial charge is 0.330 e. The molecule has 0 fully saturated rings. The third-order valence-corrected chi connectivity index (χ3v) is 3.74. The Morgan fingerprint density at radius 1 is 0.929 bits per heavy atom. The van der Waals surface area contributed by atoms with E-state index < -0.39 is 17.8 Å². The quantitative estimate of drug-likeness (QED) is 0.317. The van der Waals surface area contributed by atoms with Crippen molar-refractivity contribution >= 4 is 29.2 Å². The van der Waals surface area contributed by atoms with Crippen molar-refractivity contribution in [2.24, 2.45) is 0 Å². The SMILES string of the molecule is C=CC(=O)OCCOc1ccccc1NC(=O)C(=O)Nc1ccccc1CC. The summed E-state index contributed by atoms with van der Waals surface area (Å²) >= 11 is 0. The maximum absolute atomic E-state index is 12.3. The average Bonchev–Trinajstić information content (AvgIpc) is 2.72. The standard InChI is InChI=1S/C21H22N2O5/c1-3-15-9-5-6-10-16(15)22-20(25)21(26)23-17-11-7-8-12-18(17)27-13-14-28-19(24)4-2/h4-12H,2-3,13-14H2,1H3,(H,22,25)(H,23,26). The Labute approximate surface area is 163 Å². The topological polar surface area (TPSA) is 93.7 Å². The Morgan fingerprint density at radius 2 is 1.54 bits per heavy atom. The lowest BCUT2D eigenvalue weighted by Crippen LogP contribution is -2.29. The highest BCUT2D eigenvalue weighted by Crippen LogP contribution is 2.24. The van der Waals surface area contributed by atoms with E-state index in [1.54, 1.807) is 36.4 Å². The highest BCUT2D eigenvalue weighted by Gasteiger charge is 2.17. The van der Waals surface area contributed by atoms with E-state index in [0.717, 1.165) is 18.1 Å². The second-order valence-electron chi connectivity index (χ2n) is 5.64. The fourth-order valence-corrected chi connectivity index (χ4v) is 2.36. The van der Waals surface area contributed by atoms with E-state index in [2.05, 4.69) is 17.2 Å². The predicted octanol–water partition coefficient (Wildman–Crippen LogP) is 2.93. The van der Waals surface area contributed by atoms with Crippen LogP contribution in [0.5, 0.6) is 5.75 Å². The number of ether oxygens (including phenoxy) is 2. The lowest BCUT2D eigenvalue weighted by atomic mass is 10.1. The normalized spacial score (nSPS) is 9.89. The zero-order valence-electron chi connectivity index (χ0n) is 15.6. The van der Waals surface area contributed by atoms with Crippen LogP contribution in [0.4, 0.5) is 11.4 Å². The van der Waals surface area contributed by atoms with Gasteiger partial charge in [0.1, 0.15) is 19.0 Å². The monoisotopic (exact) mass is 382 g/mol. The van der Waals surface area contributed by atoms with Crippen molar-refractivity contribution in [3.63, 3.8) is 0 Å². The number of hydrogen-bond donors (Lipinski definition) is 2. The zero-order chi connectivity index (χ0) is 20.4. The first-order chi connectivity index (χ1) is 13.5. The molecule has 0 unspecified atom stereocenters. The predicted molar refractivity (Wildman–Crippen MR) is 106 cm³/mol. The van der Waals surface area contributed by atoms with Crippen LogP contribution in [0.15, 0.2) is 61.2 Å². The number of carbonyl (C=O) groups excluding carboxylic acids is 3. The Bertz CT molecular complexity index is 863. The largest absolute Gasteiger partial charge is 0.488 e. The molecule has 0 aromatic heterocycles. The van der Waals surface area contributed by atoms with Gasteiger partial charge in [-0.1, -0.05) is 43.8 Å². The molecule has 0 aliphatic heterocycles. The molecule has 2 rings (SSSR count). The maximum atomic E-state index is 12.3. The van der Waals surface area contributed by atoms with E-state index in [1.807, 2.05) is 19.1 Å². The molecule has 146 valence electrons. The van der Waals surface area contributed by atoms with Gasteiger partial charge in [-0.15, -0.1) is 0 Å². The summed E-state index contributed by atoms with van der Waals surface area (Å²) in [6.07, 6.45) is 1.79. The van der Waals surface area contributed by atoms with Crippen LogP contribution in [0.1, 0.15) is 12.5 Å². The molecular weight excluding hydrogens is 360 g/mol. The summed E-state index contributed by atoms with van der Waals surface area (Å²) in [5.74, 6) is -1.79. The molecule has 0 radical (unpaired) electrons. The first kappa shape index (κ1) is 20.7. The van der Waals surface area contributed by atoms with Gasteiger partial charge in [0.15, 0.2) is 0 Å². The number of para-hydroxylation sites is 3. The molecule has 7 heteroatoms. The van der Waals surface area contributed by atoms with Crippen molar-refractivity contribution in [1.29, 1.82) is 0 Å². The second-order valence-corrected chi connectivity index (χ2v) is 5.64. The molecule has 0 spiro atoms. The lowest BCUT2D eigenvalue weighted by Gasteiger charge is -2.13. The molecule has 2 N–H and O–H groups in total. The van der Waals surface area contributed by atoms with Gasteiger partial charge in [-0.25, -0.2) is 4.79 Å². The van der Waals surface area contributed by atoms with E-state index in [0.29, 0.717) is 17.1 Å². The summed E-state index contributed by atoms with van der Waals surface area (Å²) in [5, 5.41) is 5.14. The molecule has 28 heavy (non-hydrogen) atoms. The first-order valence-electron chi connectivity index (χ1n) is 8.76. The van der Waals surface area contributed by atoms with E-state index in [-0.39, 0.29) is 13.2 Å². The number of esters is 1. The van der Waals surface area contributed by atoms with Crippen molar-refractivity contribution in [3.05, 3.63) is 66.7 Å². The Hall–Kier alpha value is -3.61. The van der Waals surface area contributed by atoms with Gasteiger partial charge in [0, 0.05) is 11.8 Å². The first-order valence-corrected chi connectivity index (χ1v) is 8.76. The number of aryl methyl sites for hydroxylation is 1. The summed E-state index contributed by atoms with van der Waals surface area (Å²) in [5.41, 5.74) is 1.86. The van der Waals surface area contributed by atoms with E-state index in [9.17, 15) is 14.4 Å². The van der Waals surface area contributed by atoms with E-state index >= 15 is 0 Å². The van der Waals surface area contributed by atoms with Gasteiger partial charge in [-0.3, -0.25) is 9.59 Å². The van der Waals surface area contributed by atoms with E-state index in [4.69, 9.17) is 9.47 Å². The molecule has 0 aliphatic carbocycles. The number of benzene rings is 2. The van der Waals surface area contributed by atoms with Gasteiger partial charge >= 0.3 is 17.8 Å². The molecular formula is C21H22N2O5. The number of amides is 2. The molecule has 0 heterocycles. The number of rotatable bonds is 8. The summed E-state index contributed by atoms with van der Waals surface area (Å²) in [4.78, 5) is 35.5. The van der Waals surface area contributed by atoms with Crippen LogP contribution in [0.2, 0.25) is 0 Å².